The van der Waals surface area contributed by atoms with Crippen molar-refractivity contribution in [1.82, 2.24) is 5.32 Å². The minimum absolute atomic E-state index is 0.00456. The minimum atomic E-state index is -0.161. The molecule has 4 nitrogen and oxygen atoms in total. The number of nitrogens with one attached hydrogen (secondary N) is 1. The van der Waals surface area contributed by atoms with Gasteiger partial charge in [0.2, 0.25) is 0 Å². The van der Waals surface area contributed by atoms with Crippen LogP contribution in [0.2, 0.25) is 0 Å². The van der Waals surface area contributed by atoms with Crippen LogP contribution in [0.3, 0.4) is 0 Å². The standard InChI is InChI=1S/C19H21BrN2.C13H17BrN2.C6H5I/c1-18(2)19(3,4)22(16-8-6-5-7-9-16)17(21-18)14-10-12-15(20)13-11-14;1-12(2)13(3,4)16-11(15-12)9-5-7-10(14)8-6-9;7-6-4-2-1-3-5-6/h5-13H,1-4H3;5-8H,1-4H3,(H,15,16);1-5H. The number of nitrogens with zero attached hydrogens (tertiary/aromatic N) is 3. The first-order chi connectivity index (χ1) is 21.0. The molecule has 45 heavy (non-hydrogen) atoms. The molecule has 7 heteroatoms. The van der Waals surface area contributed by atoms with Crippen molar-refractivity contribution in [1.29, 1.82) is 0 Å². The molecule has 1 N–H and O–H groups in total. The van der Waals surface area contributed by atoms with Crippen LogP contribution >= 0.6 is 54.5 Å². The summed E-state index contributed by atoms with van der Waals surface area (Å²) >= 11 is 9.22. The number of rotatable bonds is 3. The van der Waals surface area contributed by atoms with E-state index in [-0.39, 0.29) is 22.2 Å². The molecule has 0 saturated heterocycles. The molecule has 0 spiro atoms. The number of aliphatic imine (C=N–C) groups is 2. The lowest BCUT2D eigenvalue weighted by Gasteiger charge is -2.41. The number of hydrogen-bond donors (Lipinski definition) is 1. The summed E-state index contributed by atoms with van der Waals surface area (Å²) < 4.78 is 3.47. The Hall–Kier alpha value is -2.49. The van der Waals surface area contributed by atoms with E-state index in [0.717, 1.165) is 31.7 Å². The van der Waals surface area contributed by atoms with E-state index in [1.165, 1.54) is 9.26 Å². The maximum Gasteiger partial charge on any atom is 0.136 e. The van der Waals surface area contributed by atoms with Gasteiger partial charge in [-0.05, 0) is 127 Å². The molecule has 4 aromatic rings. The Morgan fingerprint density at radius 1 is 0.578 bits per heavy atom. The molecule has 2 aliphatic rings. The number of amidine groups is 2. The molecule has 0 radical (unpaired) electrons. The Kier molecular flexibility index (Phi) is 11.1. The van der Waals surface area contributed by atoms with Crippen molar-refractivity contribution in [3.63, 3.8) is 0 Å². The third-order valence-electron chi connectivity index (χ3n) is 8.97. The molecule has 0 aliphatic carbocycles. The highest BCUT2D eigenvalue weighted by Gasteiger charge is 2.49. The van der Waals surface area contributed by atoms with Gasteiger partial charge in [-0.1, -0.05) is 92.5 Å². The van der Waals surface area contributed by atoms with Crippen LogP contribution in [0.25, 0.3) is 0 Å². The van der Waals surface area contributed by atoms with Crippen LogP contribution < -0.4 is 10.2 Å². The van der Waals surface area contributed by atoms with Crippen LogP contribution in [0.5, 0.6) is 0 Å². The fourth-order valence-electron chi connectivity index (χ4n) is 4.86. The zero-order valence-corrected chi connectivity index (χ0v) is 32.7. The second-order valence-electron chi connectivity index (χ2n) is 13.3. The quantitative estimate of drug-likeness (QED) is 0.209. The highest BCUT2D eigenvalue weighted by molar-refractivity contribution is 14.1. The summed E-state index contributed by atoms with van der Waals surface area (Å²) in [7, 11) is 0. The Morgan fingerprint density at radius 3 is 1.47 bits per heavy atom. The number of hydrogen-bond acceptors (Lipinski definition) is 4. The molecule has 2 heterocycles. The molecule has 0 atom stereocenters. The lowest BCUT2D eigenvalue weighted by Crippen LogP contribution is -2.53. The first-order valence-corrected chi connectivity index (χ1v) is 17.8. The Balaban J connectivity index is 0.000000174. The van der Waals surface area contributed by atoms with Crippen LogP contribution in [0, 0.1) is 3.57 Å². The summed E-state index contributed by atoms with van der Waals surface area (Å²) in [5.74, 6) is 2.02. The van der Waals surface area contributed by atoms with E-state index in [0.29, 0.717) is 0 Å². The lowest BCUT2D eigenvalue weighted by atomic mass is 9.83. The number of anilines is 1. The Morgan fingerprint density at radius 2 is 1.04 bits per heavy atom. The van der Waals surface area contributed by atoms with Gasteiger partial charge in [-0.25, -0.2) is 0 Å². The van der Waals surface area contributed by atoms with Gasteiger partial charge in [0.1, 0.15) is 11.7 Å². The number of benzene rings is 4. The van der Waals surface area contributed by atoms with Gasteiger partial charge in [-0.3, -0.25) is 9.98 Å². The summed E-state index contributed by atoms with van der Waals surface area (Å²) in [6.45, 7) is 17.6. The molecular formula is C38H43Br2IN4. The normalized spacial score (nSPS) is 18.3. The van der Waals surface area contributed by atoms with Crippen molar-refractivity contribution >= 4 is 71.8 Å². The van der Waals surface area contributed by atoms with E-state index in [4.69, 9.17) is 9.98 Å². The molecule has 6 rings (SSSR count). The average molecular weight is 843 g/mol. The van der Waals surface area contributed by atoms with E-state index < -0.39 is 0 Å². The second kappa shape index (κ2) is 14.1. The topological polar surface area (TPSA) is 40.0 Å². The largest absolute Gasteiger partial charge is 0.363 e. The van der Waals surface area contributed by atoms with Gasteiger partial charge in [0, 0.05) is 29.3 Å². The van der Waals surface area contributed by atoms with Crippen molar-refractivity contribution in [2.24, 2.45) is 9.98 Å². The molecule has 0 amide bonds. The predicted octanol–water partition coefficient (Wildman–Crippen LogP) is 10.9. The SMILES string of the molecule is CC1(C)N=C(c2ccc(Br)cc2)N(c2ccccc2)C1(C)C.CC1(C)N=C(c2ccc(Br)cc2)NC1(C)C.Ic1ccccc1. The Bertz CT molecular complexity index is 1630. The lowest BCUT2D eigenvalue weighted by molar-refractivity contribution is 0.310. The molecule has 2 aliphatic heterocycles. The van der Waals surface area contributed by atoms with Gasteiger partial charge < -0.3 is 10.2 Å². The molecule has 236 valence electrons. The molecule has 0 unspecified atom stereocenters. The van der Waals surface area contributed by atoms with Crippen molar-refractivity contribution in [2.75, 3.05) is 4.90 Å². The van der Waals surface area contributed by atoms with Gasteiger partial charge in [0.05, 0.1) is 22.2 Å². The van der Waals surface area contributed by atoms with Crippen molar-refractivity contribution in [3.05, 3.63) is 133 Å². The predicted molar refractivity (Wildman–Crippen MR) is 209 cm³/mol. The van der Waals surface area contributed by atoms with Crippen LogP contribution in [-0.4, -0.2) is 33.8 Å². The minimum Gasteiger partial charge on any atom is -0.363 e. The van der Waals surface area contributed by atoms with E-state index in [9.17, 15) is 0 Å². The molecule has 0 saturated carbocycles. The third-order valence-corrected chi connectivity index (χ3v) is 10.7. The summed E-state index contributed by atoms with van der Waals surface area (Å²) in [6.07, 6.45) is 0. The Labute approximate surface area is 300 Å². The van der Waals surface area contributed by atoms with Crippen LogP contribution in [0.4, 0.5) is 5.69 Å². The molecule has 0 bridgehead atoms. The first kappa shape index (κ1) is 35.4. The summed E-state index contributed by atoms with van der Waals surface area (Å²) in [6, 6.07) is 37.3. The summed E-state index contributed by atoms with van der Waals surface area (Å²) in [5, 5.41) is 3.49. The first-order valence-electron chi connectivity index (χ1n) is 15.1. The van der Waals surface area contributed by atoms with Crippen LogP contribution in [0.15, 0.2) is 128 Å². The monoisotopic (exact) mass is 840 g/mol. The zero-order chi connectivity index (χ0) is 33.0. The van der Waals surface area contributed by atoms with Gasteiger partial charge in [-0.2, -0.15) is 0 Å². The molecule has 0 aromatic heterocycles. The second-order valence-corrected chi connectivity index (χ2v) is 16.4. The fourth-order valence-corrected chi connectivity index (χ4v) is 5.80. The van der Waals surface area contributed by atoms with E-state index >= 15 is 0 Å². The maximum absolute atomic E-state index is 5.06. The summed E-state index contributed by atoms with van der Waals surface area (Å²) in [4.78, 5) is 12.2. The van der Waals surface area contributed by atoms with Crippen LogP contribution in [0.1, 0.15) is 66.5 Å². The van der Waals surface area contributed by atoms with E-state index in [2.05, 4.69) is 193 Å². The van der Waals surface area contributed by atoms with Gasteiger partial charge in [0.25, 0.3) is 0 Å². The zero-order valence-electron chi connectivity index (χ0n) is 27.4. The molecular weight excluding hydrogens is 799 g/mol. The highest BCUT2D eigenvalue weighted by Crippen LogP contribution is 2.42. The third kappa shape index (κ3) is 8.27. The molecule has 4 aromatic carbocycles. The number of halogens is 3. The summed E-state index contributed by atoms with van der Waals surface area (Å²) in [5.41, 5.74) is 3.12. The number of para-hydroxylation sites is 1. The van der Waals surface area contributed by atoms with Gasteiger partial charge in [0.15, 0.2) is 0 Å². The van der Waals surface area contributed by atoms with Crippen LogP contribution in [-0.2, 0) is 0 Å². The smallest absolute Gasteiger partial charge is 0.136 e. The average Bonchev–Trinajstić information content (AvgIpc) is 3.32. The van der Waals surface area contributed by atoms with E-state index in [1.807, 2.05) is 36.4 Å². The highest BCUT2D eigenvalue weighted by atomic mass is 127. The fraction of sp³-hybridized carbons (Fsp3) is 0.316. The van der Waals surface area contributed by atoms with Crippen molar-refractivity contribution in [2.45, 2.75) is 77.5 Å². The maximum atomic E-state index is 5.06. The van der Waals surface area contributed by atoms with Gasteiger partial charge >= 0.3 is 0 Å². The van der Waals surface area contributed by atoms with Crippen molar-refractivity contribution in [3.8, 4) is 0 Å². The van der Waals surface area contributed by atoms with E-state index in [1.54, 1.807) is 0 Å². The van der Waals surface area contributed by atoms with Gasteiger partial charge in [-0.15, -0.1) is 0 Å². The van der Waals surface area contributed by atoms with Crippen molar-refractivity contribution < 1.29 is 0 Å². The molecule has 0 fully saturated rings.